The average Bonchev–Trinajstić information content (AvgIpc) is 3.48. The van der Waals surface area contributed by atoms with Crippen LogP contribution in [0.5, 0.6) is 0 Å². The van der Waals surface area contributed by atoms with E-state index in [2.05, 4.69) is 39.8 Å². The summed E-state index contributed by atoms with van der Waals surface area (Å²) in [5.74, 6) is 1.67. The van der Waals surface area contributed by atoms with Gasteiger partial charge in [0.1, 0.15) is 11.6 Å². The topological polar surface area (TPSA) is 80.3 Å². The summed E-state index contributed by atoms with van der Waals surface area (Å²) in [5, 5.41) is 4.12. The highest BCUT2D eigenvalue weighted by molar-refractivity contribution is 5.94. The Morgan fingerprint density at radius 3 is 2.62 bits per heavy atom. The molecule has 1 fully saturated rings. The van der Waals surface area contributed by atoms with Crippen LogP contribution in [0.25, 0.3) is 34.3 Å². The molecule has 2 amide bonds. The number of hydrogen-bond acceptors (Lipinski definition) is 5. The molecule has 5 rings (SSSR count). The largest absolute Gasteiger partial charge is 0.361 e. The standard InChI is InChI=1S/C26H28N6O2/c1-5-32-22-8-6-7-21(24-17(2)29-34-18(24)3)25(22)28-23(32)12-10-19-9-11-20(27-15-19)16-31-14-13-30(4)26(31)33/h6-12,15H,5,13-14,16H2,1-4H3/b12-10+. The Bertz CT molecular complexity index is 1360. The number of rotatable bonds is 6. The fraction of sp³-hybridized carbons (Fsp3) is 0.308. The van der Waals surface area contributed by atoms with E-state index < -0.39 is 0 Å². The van der Waals surface area contributed by atoms with E-state index in [1.807, 2.05) is 56.3 Å². The lowest BCUT2D eigenvalue weighted by Crippen LogP contribution is -2.29. The molecule has 0 atom stereocenters. The van der Waals surface area contributed by atoms with E-state index in [0.29, 0.717) is 6.54 Å². The third kappa shape index (κ3) is 3.85. The first kappa shape index (κ1) is 21.9. The number of urea groups is 1. The molecule has 0 bridgehead atoms. The highest BCUT2D eigenvalue weighted by atomic mass is 16.5. The zero-order valence-corrected chi connectivity index (χ0v) is 19.9. The van der Waals surface area contributed by atoms with Gasteiger partial charge in [-0.1, -0.05) is 23.4 Å². The van der Waals surface area contributed by atoms with Crippen molar-refractivity contribution in [2.45, 2.75) is 33.9 Å². The molecule has 1 aliphatic heterocycles. The van der Waals surface area contributed by atoms with Gasteiger partial charge in [0.25, 0.3) is 0 Å². The molecule has 1 aromatic carbocycles. The van der Waals surface area contributed by atoms with Gasteiger partial charge in [-0.3, -0.25) is 4.98 Å². The van der Waals surface area contributed by atoms with E-state index in [0.717, 1.165) is 70.3 Å². The predicted molar refractivity (Wildman–Crippen MR) is 132 cm³/mol. The highest BCUT2D eigenvalue weighted by Gasteiger charge is 2.25. The van der Waals surface area contributed by atoms with Gasteiger partial charge >= 0.3 is 6.03 Å². The summed E-state index contributed by atoms with van der Waals surface area (Å²) < 4.78 is 7.60. The van der Waals surface area contributed by atoms with Gasteiger partial charge in [0.2, 0.25) is 0 Å². The molecule has 0 unspecified atom stereocenters. The molecule has 0 aliphatic carbocycles. The Morgan fingerprint density at radius 1 is 1.12 bits per heavy atom. The molecule has 1 saturated heterocycles. The molecule has 0 saturated carbocycles. The van der Waals surface area contributed by atoms with Crippen LogP contribution >= 0.6 is 0 Å². The second kappa shape index (κ2) is 8.78. The number of imidazole rings is 1. The van der Waals surface area contributed by atoms with Gasteiger partial charge < -0.3 is 18.9 Å². The second-order valence-electron chi connectivity index (χ2n) is 8.63. The first-order valence-electron chi connectivity index (χ1n) is 11.5. The summed E-state index contributed by atoms with van der Waals surface area (Å²) in [5.41, 5.74) is 6.77. The molecule has 174 valence electrons. The molecule has 4 heterocycles. The molecule has 3 aromatic heterocycles. The summed E-state index contributed by atoms with van der Waals surface area (Å²) in [6.45, 7) is 8.84. The SMILES string of the molecule is CCn1c(/C=C/c2ccc(CN3CCN(C)C3=O)nc2)nc2c(-c3c(C)noc3C)cccc21. The number of fused-ring (bicyclic) bond motifs is 1. The summed E-state index contributed by atoms with van der Waals surface area (Å²) in [6, 6.07) is 10.3. The number of para-hydroxylation sites is 1. The number of pyridine rings is 1. The zero-order valence-electron chi connectivity index (χ0n) is 19.9. The number of aryl methyl sites for hydroxylation is 3. The van der Waals surface area contributed by atoms with Crippen molar-refractivity contribution in [3.63, 3.8) is 0 Å². The third-order valence-corrected chi connectivity index (χ3v) is 6.36. The number of aromatic nitrogens is 4. The Balaban J connectivity index is 1.42. The molecular weight excluding hydrogens is 428 g/mol. The zero-order chi connectivity index (χ0) is 23.8. The molecule has 4 aromatic rings. The maximum Gasteiger partial charge on any atom is 0.320 e. The van der Waals surface area contributed by atoms with Crippen LogP contribution in [-0.4, -0.2) is 55.7 Å². The Kier molecular flexibility index (Phi) is 5.65. The van der Waals surface area contributed by atoms with Crippen LogP contribution in [0.2, 0.25) is 0 Å². The number of carbonyl (C=O) groups is 1. The number of benzene rings is 1. The Labute approximate surface area is 198 Å². The Morgan fingerprint density at radius 2 is 1.97 bits per heavy atom. The molecule has 0 N–H and O–H groups in total. The van der Waals surface area contributed by atoms with E-state index in [-0.39, 0.29) is 6.03 Å². The van der Waals surface area contributed by atoms with Crippen LogP contribution in [-0.2, 0) is 13.1 Å². The average molecular weight is 457 g/mol. The minimum atomic E-state index is 0.0557. The maximum atomic E-state index is 12.1. The van der Waals surface area contributed by atoms with E-state index in [4.69, 9.17) is 9.51 Å². The van der Waals surface area contributed by atoms with Crippen LogP contribution in [0.15, 0.2) is 41.1 Å². The highest BCUT2D eigenvalue weighted by Crippen LogP contribution is 2.33. The third-order valence-electron chi connectivity index (χ3n) is 6.36. The van der Waals surface area contributed by atoms with Crippen molar-refractivity contribution in [2.75, 3.05) is 20.1 Å². The van der Waals surface area contributed by atoms with Crippen molar-refractivity contribution in [2.24, 2.45) is 0 Å². The predicted octanol–water partition coefficient (Wildman–Crippen LogP) is 4.76. The molecule has 0 spiro atoms. The van der Waals surface area contributed by atoms with Crippen molar-refractivity contribution >= 4 is 29.2 Å². The van der Waals surface area contributed by atoms with Gasteiger partial charge in [-0.2, -0.15) is 0 Å². The van der Waals surface area contributed by atoms with Crippen LogP contribution < -0.4 is 0 Å². The molecule has 8 nitrogen and oxygen atoms in total. The summed E-state index contributed by atoms with van der Waals surface area (Å²) in [7, 11) is 1.82. The monoisotopic (exact) mass is 456 g/mol. The normalized spacial score (nSPS) is 14.3. The molecular formula is C26H28N6O2. The molecule has 0 radical (unpaired) electrons. The lowest BCUT2D eigenvalue weighted by molar-refractivity contribution is 0.196. The van der Waals surface area contributed by atoms with Crippen LogP contribution in [0.3, 0.4) is 0 Å². The smallest absolute Gasteiger partial charge is 0.320 e. The van der Waals surface area contributed by atoms with Crippen molar-refractivity contribution in [3.05, 3.63) is 65.1 Å². The van der Waals surface area contributed by atoms with Crippen molar-refractivity contribution in [1.29, 1.82) is 0 Å². The molecule has 1 aliphatic rings. The second-order valence-corrected chi connectivity index (χ2v) is 8.63. The van der Waals surface area contributed by atoms with E-state index in [9.17, 15) is 4.79 Å². The first-order valence-corrected chi connectivity index (χ1v) is 11.5. The minimum Gasteiger partial charge on any atom is -0.361 e. The van der Waals surface area contributed by atoms with Gasteiger partial charge in [0.05, 0.1) is 29.0 Å². The number of amides is 2. The summed E-state index contributed by atoms with van der Waals surface area (Å²) in [6.07, 6.45) is 5.88. The van der Waals surface area contributed by atoms with Crippen molar-refractivity contribution in [3.8, 4) is 11.1 Å². The van der Waals surface area contributed by atoms with Gasteiger partial charge in [0, 0.05) is 44.0 Å². The molecule has 34 heavy (non-hydrogen) atoms. The fourth-order valence-corrected chi connectivity index (χ4v) is 4.54. The van der Waals surface area contributed by atoms with E-state index in [1.165, 1.54) is 0 Å². The first-order chi connectivity index (χ1) is 16.5. The van der Waals surface area contributed by atoms with Gasteiger partial charge in [0.15, 0.2) is 0 Å². The summed E-state index contributed by atoms with van der Waals surface area (Å²) >= 11 is 0. The van der Waals surface area contributed by atoms with E-state index in [1.54, 1.807) is 4.90 Å². The van der Waals surface area contributed by atoms with Crippen molar-refractivity contribution in [1.82, 2.24) is 29.5 Å². The Hall–Kier alpha value is -3.94. The van der Waals surface area contributed by atoms with Gasteiger partial charge in [-0.25, -0.2) is 9.78 Å². The van der Waals surface area contributed by atoms with E-state index >= 15 is 0 Å². The van der Waals surface area contributed by atoms with Gasteiger partial charge in [-0.05, 0) is 50.6 Å². The van der Waals surface area contributed by atoms with Crippen LogP contribution in [0.1, 0.15) is 35.5 Å². The minimum absolute atomic E-state index is 0.0557. The maximum absolute atomic E-state index is 12.1. The quantitative estimate of drug-likeness (QED) is 0.418. The lowest BCUT2D eigenvalue weighted by atomic mass is 10.0. The van der Waals surface area contributed by atoms with Gasteiger partial charge in [-0.15, -0.1) is 0 Å². The summed E-state index contributed by atoms with van der Waals surface area (Å²) in [4.78, 5) is 25.2. The molecule has 8 heteroatoms. The van der Waals surface area contributed by atoms with Crippen LogP contribution in [0.4, 0.5) is 4.79 Å². The number of carbonyl (C=O) groups excluding carboxylic acids is 1. The lowest BCUT2D eigenvalue weighted by Gasteiger charge is -2.15. The fourth-order valence-electron chi connectivity index (χ4n) is 4.54. The van der Waals surface area contributed by atoms with Crippen LogP contribution in [0, 0.1) is 13.8 Å². The number of hydrogen-bond donors (Lipinski definition) is 0. The van der Waals surface area contributed by atoms with Crippen molar-refractivity contribution < 1.29 is 9.32 Å². The number of likely N-dealkylation sites (N-methyl/N-ethyl adjacent to an activating group) is 1. The number of nitrogens with zero attached hydrogens (tertiary/aromatic N) is 6.